The van der Waals surface area contributed by atoms with Gasteiger partial charge in [0.2, 0.25) is 0 Å². The molecule has 0 amide bonds. The minimum atomic E-state index is -3.63. The standard InChI is InChI=1S/C21H25.2C6H5.C5H5.CH4.2ClH.Zr/c1-20(2,3)16-9-7-14-11-15-8-10-17(21(4,5)6)13-19(15)18(14)12-16;2*1-2-4-6-5-3-1;1-2-4-5-3-1;;;;/h7-13H,1-6H3;2*1-5H;1-3H,4H2;1H4;2*1H;/q;;;;;;;+2/p-2. The van der Waals surface area contributed by atoms with Gasteiger partial charge in [0, 0.05) is 0 Å². The van der Waals surface area contributed by atoms with Crippen LogP contribution in [-0.4, -0.2) is 0 Å². The largest absolute Gasteiger partial charge is 1.00 e. The number of halogens is 2. The molecule has 42 heavy (non-hydrogen) atoms. The molecule has 0 aromatic heterocycles. The number of hydrogen-bond acceptors (Lipinski definition) is 0. The summed E-state index contributed by atoms with van der Waals surface area (Å²) >= 11 is -3.63. The predicted molar refractivity (Wildman–Crippen MR) is 172 cm³/mol. The van der Waals surface area contributed by atoms with Crippen LogP contribution in [0, 0.1) is 0 Å². The molecular formula is C39H44Cl2Zr. The van der Waals surface area contributed by atoms with Crippen molar-refractivity contribution in [1.29, 1.82) is 0 Å². The van der Waals surface area contributed by atoms with Crippen molar-refractivity contribution in [1.82, 2.24) is 0 Å². The first-order valence-electron chi connectivity index (χ1n) is 14.4. The number of allylic oxidation sites excluding steroid dienone is 4. The summed E-state index contributed by atoms with van der Waals surface area (Å²) in [6, 6.07) is 38.0. The van der Waals surface area contributed by atoms with Crippen LogP contribution in [0.2, 0.25) is 0 Å². The molecule has 0 saturated carbocycles. The van der Waals surface area contributed by atoms with Gasteiger partial charge in [0.25, 0.3) is 0 Å². The van der Waals surface area contributed by atoms with Crippen molar-refractivity contribution in [3.8, 4) is 11.1 Å². The van der Waals surface area contributed by atoms with Gasteiger partial charge in [0.05, 0.1) is 0 Å². The number of benzene rings is 4. The number of hydrogen-bond donors (Lipinski definition) is 0. The minimum Gasteiger partial charge on any atom is -1.00 e. The Kier molecular flexibility index (Phi) is 10.5. The van der Waals surface area contributed by atoms with Crippen LogP contribution in [-0.2, 0) is 31.1 Å². The molecule has 0 fully saturated rings. The van der Waals surface area contributed by atoms with E-state index < -0.39 is 20.3 Å². The summed E-state index contributed by atoms with van der Waals surface area (Å²) in [4.78, 5) is 0. The molecule has 218 valence electrons. The topological polar surface area (TPSA) is 0 Å². The Balaban J connectivity index is 0.00000161. The van der Waals surface area contributed by atoms with E-state index in [4.69, 9.17) is 0 Å². The van der Waals surface area contributed by atoms with Gasteiger partial charge in [-0.2, -0.15) is 0 Å². The van der Waals surface area contributed by atoms with Gasteiger partial charge in [-0.3, -0.25) is 0 Å². The third-order valence-electron chi connectivity index (χ3n) is 8.92. The van der Waals surface area contributed by atoms with E-state index in [9.17, 15) is 0 Å². The fraction of sp³-hybridized carbons (Fsp3) is 0.282. The SMILES string of the molecule is C.CC(C)(C)c1ccc2c(c1)-c1cc(C(C)(C)C)ccc1[CH]2[Zr+2]([C]1=CC=CC1)([c]1ccccc1)[c]1ccccc1.[Cl-].[Cl-]. The Hall–Kier alpha value is -2.18. The first kappa shape index (κ1) is 34.3. The van der Waals surface area contributed by atoms with E-state index >= 15 is 0 Å². The number of rotatable bonds is 4. The summed E-state index contributed by atoms with van der Waals surface area (Å²) in [5.74, 6) is 0. The molecule has 0 bridgehead atoms. The second-order valence-corrected chi connectivity index (χ2v) is 23.2. The van der Waals surface area contributed by atoms with Gasteiger partial charge in [0.1, 0.15) is 0 Å². The van der Waals surface area contributed by atoms with Crippen LogP contribution in [0.3, 0.4) is 0 Å². The van der Waals surface area contributed by atoms with E-state index in [1.807, 2.05) is 0 Å². The van der Waals surface area contributed by atoms with Gasteiger partial charge in [0.15, 0.2) is 0 Å². The van der Waals surface area contributed by atoms with Crippen LogP contribution in [0.4, 0.5) is 0 Å². The summed E-state index contributed by atoms with van der Waals surface area (Å²) in [6.07, 6.45) is 8.20. The molecule has 2 aliphatic rings. The van der Waals surface area contributed by atoms with Crippen molar-refractivity contribution in [2.45, 2.75) is 69.8 Å². The first-order valence-corrected chi connectivity index (χ1v) is 19.5. The molecule has 0 nitrogen and oxygen atoms in total. The fourth-order valence-electron chi connectivity index (χ4n) is 6.85. The molecule has 3 heteroatoms. The first-order chi connectivity index (χ1) is 18.6. The molecule has 4 aromatic rings. The van der Waals surface area contributed by atoms with Gasteiger partial charge >= 0.3 is 241 Å². The summed E-state index contributed by atoms with van der Waals surface area (Å²) in [6.45, 7) is 14.0. The van der Waals surface area contributed by atoms with Gasteiger partial charge in [-0.1, -0.05) is 7.43 Å². The molecule has 0 heterocycles. The van der Waals surface area contributed by atoms with Crippen LogP contribution in [0.1, 0.15) is 81.3 Å². The van der Waals surface area contributed by atoms with Gasteiger partial charge in [-0.05, 0) is 0 Å². The Bertz CT molecular complexity index is 1480. The zero-order valence-electron chi connectivity index (χ0n) is 25.0. The molecule has 0 spiro atoms. The minimum absolute atomic E-state index is 0. The molecule has 6 rings (SSSR count). The quantitative estimate of drug-likeness (QED) is 0.311. The van der Waals surface area contributed by atoms with E-state index in [0.717, 1.165) is 6.42 Å². The van der Waals surface area contributed by atoms with Crippen LogP contribution in [0.5, 0.6) is 0 Å². The second kappa shape index (κ2) is 12.8. The molecule has 0 saturated heterocycles. The Morgan fingerprint density at radius 1 is 0.595 bits per heavy atom. The Morgan fingerprint density at radius 2 is 1.02 bits per heavy atom. The second-order valence-electron chi connectivity index (χ2n) is 13.4. The molecule has 4 aromatic carbocycles. The van der Waals surface area contributed by atoms with Crippen molar-refractivity contribution in [3.05, 3.63) is 141 Å². The Labute approximate surface area is 271 Å². The zero-order chi connectivity index (χ0) is 27.4. The summed E-state index contributed by atoms with van der Waals surface area (Å²) < 4.78 is 5.18. The van der Waals surface area contributed by atoms with Gasteiger partial charge < -0.3 is 24.8 Å². The van der Waals surface area contributed by atoms with Gasteiger partial charge in [-0.15, -0.1) is 0 Å². The average molecular weight is 675 g/mol. The molecule has 0 aliphatic heterocycles. The van der Waals surface area contributed by atoms with E-state index in [1.54, 1.807) is 9.82 Å². The van der Waals surface area contributed by atoms with Crippen LogP contribution < -0.4 is 31.4 Å². The van der Waals surface area contributed by atoms with E-state index in [2.05, 4.69) is 157 Å². The Morgan fingerprint density at radius 3 is 1.38 bits per heavy atom. The maximum absolute atomic E-state index is 3.63. The van der Waals surface area contributed by atoms with Crippen molar-refractivity contribution in [2.75, 3.05) is 0 Å². The van der Waals surface area contributed by atoms with Crippen molar-refractivity contribution in [2.24, 2.45) is 0 Å². The van der Waals surface area contributed by atoms with E-state index in [1.165, 1.54) is 33.4 Å². The maximum atomic E-state index is 2.52. The molecule has 0 atom stereocenters. The predicted octanol–water partition coefficient (Wildman–Crippen LogP) is 3.64. The third-order valence-corrected chi connectivity index (χ3v) is 22.1. The van der Waals surface area contributed by atoms with Crippen molar-refractivity contribution in [3.63, 3.8) is 0 Å². The third kappa shape index (κ3) is 5.70. The zero-order valence-corrected chi connectivity index (χ0v) is 29.0. The van der Waals surface area contributed by atoms with Crippen molar-refractivity contribution < 1.29 is 45.1 Å². The van der Waals surface area contributed by atoms with E-state index in [-0.39, 0.29) is 43.1 Å². The molecule has 0 unspecified atom stereocenters. The summed E-state index contributed by atoms with van der Waals surface area (Å²) in [5, 5.41) is 0. The summed E-state index contributed by atoms with van der Waals surface area (Å²) in [7, 11) is 0. The molecule has 0 radical (unpaired) electrons. The molecule has 2 aliphatic carbocycles. The molecule has 0 N–H and O–H groups in total. The van der Waals surface area contributed by atoms with Gasteiger partial charge in [-0.25, -0.2) is 0 Å². The molecular weight excluding hydrogens is 631 g/mol. The summed E-state index contributed by atoms with van der Waals surface area (Å²) in [5.41, 5.74) is 8.99. The monoisotopic (exact) mass is 672 g/mol. The average Bonchev–Trinajstić information content (AvgIpc) is 3.57. The fourth-order valence-corrected chi connectivity index (χ4v) is 21.1. The van der Waals surface area contributed by atoms with Crippen LogP contribution >= 0.6 is 0 Å². The number of fused-ring (bicyclic) bond motifs is 3. The van der Waals surface area contributed by atoms with Crippen LogP contribution in [0.15, 0.2) is 119 Å². The van der Waals surface area contributed by atoms with E-state index in [0.29, 0.717) is 3.63 Å². The maximum Gasteiger partial charge on any atom is -1.00 e. The normalized spacial score (nSPS) is 13.8. The smallest absolute Gasteiger partial charge is 1.00 e. The van der Waals surface area contributed by atoms with Crippen molar-refractivity contribution >= 4 is 6.54 Å². The van der Waals surface area contributed by atoms with Crippen LogP contribution in [0.25, 0.3) is 11.1 Å².